The number of nitrogens with one attached hydrogen (secondary N) is 2. The number of aromatic amines is 1. The van der Waals surface area contributed by atoms with Gasteiger partial charge in [-0.15, -0.1) is 0 Å². The van der Waals surface area contributed by atoms with Gasteiger partial charge < -0.3 is 15.4 Å². The Balaban J connectivity index is 1.52. The summed E-state index contributed by atoms with van der Waals surface area (Å²) in [6.07, 6.45) is 2.30. The van der Waals surface area contributed by atoms with Gasteiger partial charge in [-0.1, -0.05) is 30.3 Å². The smallest absolute Gasteiger partial charge is 0.251 e. The Morgan fingerprint density at radius 3 is 2.44 bits per heavy atom. The Morgan fingerprint density at radius 2 is 1.75 bits per heavy atom. The van der Waals surface area contributed by atoms with Gasteiger partial charge in [0.05, 0.1) is 12.6 Å². The van der Waals surface area contributed by atoms with E-state index in [1.54, 1.807) is 25.1 Å². The number of benzene rings is 3. The molecule has 4 aromatic rings. The lowest BCUT2D eigenvalue weighted by atomic mass is 9.98. The number of rotatable bonds is 6. The summed E-state index contributed by atoms with van der Waals surface area (Å²) in [7, 11) is 0. The van der Waals surface area contributed by atoms with E-state index in [1.165, 1.54) is 0 Å². The summed E-state index contributed by atoms with van der Waals surface area (Å²) >= 11 is 0. The van der Waals surface area contributed by atoms with E-state index in [0.29, 0.717) is 23.1 Å². The monoisotopic (exact) mass is 438 g/mol. The van der Waals surface area contributed by atoms with Crippen molar-refractivity contribution >= 4 is 16.8 Å². The van der Waals surface area contributed by atoms with Crippen molar-refractivity contribution in [2.75, 3.05) is 6.61 Å². The second-order valence-electron chi connectivity index (χ2n) is 7.70. The van der Waals surface area contributed by atoms with Gasteiger partial charge in [0.25, 0.3) is 5.91 Å². The quantitative estimate of drug-likeness (QED) is 0.375. The van der Waals surface area contributed by atoms with E-state index in [9.17, 15) is 23.1 Å². The molecule has 0 saturated carbocycles. The molecule has 0 aliphatic heterocycles. The van der Waals surface area contributed by atoms with Crippen LogP contribution in [0.1, 0.15) is 21.5 Å². The molecule has 7 heteroatoms. The maximum atomic E-state index is 13.6. The average molecular weight is 438 g/mol. The first-order valence-electron chi connectivity index (χ1n) is 10.1. The van der Waals surface area contributed by atoms with Crippen molar-refractivity contribution < 1.29 is 23.1 Å². The normalized spacial score (nSPS) is 12.2. The lowest BCUT2D eigenvalue weighted by molar-refractivity contribution is 0.0916. The highest BCUT2D eigenvalue weighted by Gasteiger charge is 2.18. The third kappa shape index (κ3) is 4.24. The standard InChI is InChI=1S/C25H21F3N2O2/c1-14-8-15(16-10-21(26)24(28)22(27)11-16)6-7-19(14)25(32)30-18(13-31)9-17-12-29-23-5-3-2-4-20(17)23/h2-8,10-12,18,29,31H,9,13H2,1H3,(H,30,32)/t18-/m1/s1. The number of halogens is 3. The summed E-state index contributed by atoms with van der Waals surface area (Å²) in [5.74, 6) is -4.44. The van der Waals surface area contributed by atoms with E-state index >= 15 is 0 Å². The molecular weight excluding hydrogens is 417 g/mol. The fourth-order valence-electron chi connectivity index (χ4n) is 3.81. The molecule has 0 aliphatic rings. The zero-order valence-corrected chi connectivity index (χ0v) is 17.3. The van der Waals surface area contributed by atoms with Gasteiger partial charge in [0, 0.05) is 22.7 Å². The van der Waals surface area contributed by atoms with E-state index < -0.39 is 23.5 Å². The van der Waals surface area contributed by atoms with Gasteiger partial charge in [-0.3, -0.25) is 4.79 Å². The number of fused-ring (bicyclic) bond motifs is 1. The molecule has 3 N–H and O–H groups in total. The van der Waals surface area contributed by atoms with Crippen LogP contribution < -0.4 is 5.32 Å². The third-order valence-corrected chi connectivity index (χ3v) is 5.49. The lowest BCUT2D eigenvalue weighted by Gasteiger charge is -2.17. The molecule has 1 aromatic heterocycles. The average Bonchev–Trinajstić information content (AvgIpc) is 3.19. The minimum atomic E-state index is -1.52. The second kappa shape index (κ2) is 8.88. The van der Waals surface area contributed by atoms with Crippen molar-refractivity contribution in [3.63, 3.8) is 0 Å². The Kier molecular flexibility index (Phi) is 6.01. The number of amides is 1. The molecule has 32 heavy (non-hydrogen) atoms. The Hall–Kier alpha value is -3.58. The number of aromatic nitrogens is 1. The van der Waals surface area contributed by atoms with Crippen molar-refractivity contribution in [1.29, 1.82) is 0 Å². The molecule has 0 unspecified atom stereocenters. The Morgan fingerprint density at radius 1 is 1.03 bits per heavy atom. The minimum absolute atomic E-state index is 0.170. The highest BCUT2D eigenvalue weighted by molar-refractivity contribution is 5.96. The van der Waals surface area contributed by atoms with Crippen LogP contribution in [-0.2, 0) is 6.42 Å². The van der Waals surface area contributed by atoms with Crippen LogP contribution in [0.2, 0.25) is 0 Å². The number of aliphatic hydroxyl groups is 1. The summed E-state index contributed by atoms with van der Waals surface area (Å²) in [6.45, 7) is 1.46. The molecule has 0 fully saturated rings. The Bertz CT molecular complexity index is 1280. The molecule has 0 radical (unpaired) electrons. The number of para-hydroxylation sites is 1. The molecule has 0 bridgehead atoms. The van der Waals surface area contributed by atoms with Gasteiger partial charge >= 0.3 is 0 Å². The molecule has 1 heterocycles. The van der Waals surface area contributed by atoms with Crippen molar-refractivity contribution in [2.24, 2.45) is 0 Å². The Labute approximate surface area is 182 Å². The molecule has 1 atom stereocenters. The van der Waals surface area contributed by atoms with E-state index in [1.807, 2.05) is 30.5 Å². The maximum absolute atomic E-state index is 13.6. The van der Waals surface area contributed by atoms with Crippen molar-refractivity contribution in [1.82, 2.24) is 10.3 Å². The number of carbonyl (C=O) groups excluding carboxylic acids is 1. The first-order chi connectivity index (χ1) is 15.4. The number of H-pyrrole nitrogens is 1. The molecule has 4 nitrogen and oxygen atoms in total. The third-order valence-electron chi connectivity index (χ3n) is 5.49. The number of carbonyl (C=O) groups is 1. The summed E-state index contributed by atoms with van der Waals surface area (Å²) in [4.78, 5) is 16.0. The van der Waals surface area contributed by atoms with E-state index in [4.69, 9.17) is 0 Å². The molecule has 0 saturated heterocycles. The van der Waals surface area contributed by atoms with Crippen LogP contribution >= 0.6 is 0 Å². The van der Waals surface area contributed by atoms with Gasteiger partial charge in [-0.25, -0.2) is 13.2 Å². The number of hydrogen-bond acceptors (Lipinski definition) is 2. The van der Waals surface area contributed by atoms with E-state index in [-0.39, 0.29) is 18.1 Å². The molecule has 1 amide bonds. The summed E-state index contributed by atoms with van der Waals surface area (Å²) < 4.78 is 40.4. The minimum Gasteiger partial charge on any atom is -0.394 e. The van der Waals surface area contributed by atoms with Crippen LogP contribution in [-0.4, -0.2) is 28.6 Å². The molecular formula is C25H21F3N2O2. The van der Waals surface area contributed by atoms with Gasteiger partial charge in [0.2, 0.25) is 0 Å². The van der Waals surface area contributed by atoms with Crippen LogP contribution in [0, 0.1) is 24.4 Å². The predicted molar refractivity (Wildman–Crippen MR) is 117 cm³/mol. The largest absolute Gasteiger partial charge is 0.394 e. The molecule has 0 aliphatic carbocycles. The van der Waals surface area contributed by atoms with E-state index in [0.717, 1.165) is 28.6 Å². The zero-order chi connectivity index (χ0) is 22.8. The van der Waals surface area contributed by atoms with Gasteiger partial charge in [0.1, 0.15) is 0 Å². The van der Waals surface area contributed by atoms with Crippen LogP contribution in [0.5, 0.6) is 0 Å². The second-order valence-corrected chi connectivity index (χ2v) is 7.70. The summed E-state index contributed by atoms with van der Waals surface area (Å²) in [5.41, 5.74) is 3.53. The first-order valence-corrected chi connectivity index (χ1v) is 10.1. The van der Waals surface area contributed by atoms with E-state index in [2.05, 4.69) is 10.3 Å². The van der Waals surface area contributed by atoms with Crippen LogP contribution in [0.25, 0.3) is 22.0 Å². The van der Waals surface area contributed by atoms with Crippen molar-refractivity contribution in [3.05, 3.63) is 94.9 Å². The highest BCUT2D eigenvalue weighted by Crippen LogP contribution is 2.26. The molecule has 0 spiro atoms. The topological polar surface area (TPSA) is 65.1 Å². The van der Waals surface area contributed by atoms with Crippen molar-refractivity contribution in [3.8, 4) is 11.1 Å². The maximum Gasteiger partial charge on any atom is 0.251 e. The van der Waals surface area contributed by atoms with Crippen molar-refractivity contribution in [2.45, 2.75) is 19.4 Å². The zero-order valence-electron chi connectivity index (χ0n) is 17.3. The van der Waals surface area contributed by atoms with Gasteiger partial charge in [-0.05, 0) is 59.9 Å². The SMILES string of the molecule is Cc1cc(-c2cc(F)c(F)c(F)c2)ccc1C(=O)N[C@@H](CO)Cc1c[nH]c2ccccc12. The molecule has 4 rings (SSSR count). The number of hydrogen-bond donors (Lipinski definition) is 3. The van der Waals surface area contributed by atoms with Crippen LogP contribution in [0.3, 0.4) is 0 Å². The number of aryl methyl sites for hydroxylation is 1. The van der Waals surface area contributed by atoms with Gasteiger partial charge in [0.15, 0.2) is 17.5 Å². The number of aliphatic hydroxyl groups excluding tert-OH is 1. The summed E-state index contributed by atoms with van der Waals surface area (Å²) in [5, 5.41) is 13.7. The van der Waals surface area contributed by atoms with Crippen LogP contribution in [0.4, 0.5) is 13.2 Å². The fraction of sp³-hybridized carbons (Fsp3) is 0.160. The van der Waals surface area contributed by atoms with Gasteiger partial charge in [-0.2, -0.15) is 0 Å². The fourth-order valence-corrected chi connectivity index (χ4v) is 3.81. The highest BCUT2D eigenvalue weighted by atomic mass is 19.2. The predicted octanol–water partition coefficient (Wildman–Crippen LogP) is 4.89. The lowest BCUT2D eigenvalue weighted by Crippen LogP contribution is -2.39. The first kappa shape index (κ1) is 21.6. The molecule has 3 aromatic carbocycles. The molecule has 164 valence electrons. The van der Waals surface area contributed by atoms with Crippen LogP contribution in [0.15, 0.2) is 60.8 Å². The summed E-state index contributed by atoms with van der Waals surface area (Å²) in [6, 6.07) is 13.8.